The molecule has 0 saturated carbocycles. The zero-order valence-corrected chi connectivity index (χ0v) is 12.5. The standard InChI is InChI=1S/C15H30O3/c1-5-7-8-15(6-2)11-17-13(18-12-15)14(3,4)9-10-16/h13,16H,5-12H2,1-4H3. The Morgan fingerprint density at radius 1 is 1.22 bits per heavy atom. The van der Waals surface area contributed by atoms with Gasteiger partial charge in [-0.3, -0.25) is 0 Å². The third kappa shape index (κ3) is 3.94. The van der Waals surface area contributed by atoms with Gasteiger partial charge in [-0.1, -0.05) is 40.5 Å². The number of unbranched alkanes of at least 4 members (excludes halogenated alkanes) is 1. The van der Waals surface area contributed by atoms with E-state index in [1.54, 1.807) is 0 Å². The molecule has 18 heavy (non-hydrogen) atoms. The summed E-state index contributed by atoms with van der Waals surface area (Å²) in [6, 6.07) is 0. The monoisotopic (exact) mass is 258 g/mol. The van der Waals surface area contributed by atoms with E-state index in [4.69, 9.17) is 14.6 Å². The Kier molecular flexibility index (Phi) is 6.09. The third-order valence-corrected chi connectivity index (χ3v) is 4.29. The summed E-state index contributed by atoms with van der Waals surface area (Å²) in [6.07, 6.45) is 5.30. The number of ether oxygens (including phenoxy) is 2. The van der Waals surface area contributed by atoms with Crippen molar-refractivity contribution in [3.63, 3.8) is 0 Å². The van der Waals surface area contributed by atoms with Crippen molar-refractivity contribution in [3.8, 4) is 0 Å². The van der Waals surface area contributed by atoms with E-state index in [2.05, 4.69) is 27.7 Å². The molecule has 1 rings (SSSR count). The van der Waals surface area contributed by atoms with Crippen LogP contribution in [0, 0.1) is 10.8 Å². The summed E-state index contributed by atoms with van der Waals surface area (Å²) in [4.78, 5) is 0. The third-order valence-electron chi connectivity index (χ3n) is 4.29. The second-order valence-corrected chi connectivity index (χ2v) is 6.37. The molecule has 1 heterocycles. The minimum atomic E-state index is -0.175. The Balaban J connectivity index is 2.52. The van der Waals surface area contributed by atoms with E-state index in [0.29, 0.717) is 6.42 Å². The molecule has 0 aliphatic carbocycles. The largest absolute Gasteiger partial charge is 0.396 e. The molecular formula is C15H30O3. The van der Waals surface area contributed by atoms with Crippen LogP contribution in [0.1, 0.15) is 59.8 Å². The Bertz CT molecular complexity index is 230. The van der Waals surface area contributed by atoms with Crippen LogP contribution in [0.15, 0.2) is 0 Å². The first-order valence-corrected chi connectivity index (χ1v) is 7.34. The van der Waals surface area contributed by atoms with Gasteiger partial charge in [0.05, 0.1) is 13.2 Å². The first-order chi connectivity index (χ1) is 8.49. The molecule has 0 atom stereocenters. The van der Waals surface area contributed by atoms with Crippen molar-refractivity contribution in [1.29, 1.82) is 0 Å². The maximum Gasteiger partial charge on any atom is 0.162 e. The molecule has 0 aromatic rings. The highest BCUT2D eigenvalue weighted by Gasteiger charge is 2.40. The predicted molar refractivity (Wildman–Crippen MR) is 73.4 cm³/mol. The molecule has 0 amide bonds. The molecule has 0 radical (unpaired) electrons. The van der Waals surface area contributed by atoms with E-state index >= 15 is 0 Å². The van der Waals surface area contributed by atoms with Gasteiger partial charge in [-0.2, -0.15) is 0 Å². The molecular weight excluding hydrogens is 228 g/mol. The fraction of sp³-hybridized carbons (Fsp3) is 1.00. The Labute approximate surface area is 112 Å². The SMILES string of the molecule is CCCCC1(CC)COC(C(C)(C)CCO)OC1. The van der Waals surface area contributed by atoms with Crippen molar-refractivity contribution in [1.82, 2.24) is 0 Å². The maximum absolute atomic E-state index is 9.09. The van der Waals surface area contributed by atoms with Gasteiger partial charge in [0.15, 0.2) is 6.29 Å². The highest BCUT2D eigenvalue weighted by atomic mass is 16.7. The van der Waals surface area contributed by atoms with Crippen molar-refractivity contribution in [2.75, 3.05) is 19.8 Å². The number of aliphatic hydroxyl groups is 1. The van der Waals surface area contributed by atoms with Crippen molar-refractivity contribution < 1.29 is 14.6 Å². The second kappa shape index (κ2) is 6.88. The molecule has 0 unspecified atom stereocenters. The van der Waals surface area contributed by atoms with Gasteiger partial charge in [-0.15, -0.1) is 0 Å². The zero-order chi connectivity index (χ0) is 13.6. The summed E-state index contributed by atoms with van der Waals surface area (Å²) in [7, 11) is 0. The van der Waals surface area contributed by atoms with Gasteiger partial charge in [0.25, 0.3) is 0 Å². The number of rotatable bonds is 7. The van der Waals surface area contributed by atoms with Gasteiger partial charge in [0.2, 0.25) is 0 Å². The highest BCUT2D eigenvalue weighted by molar-refractivity contribution is 4.84. The van der Waals surface area contributed by atoms with Crippen molar-refractivity contribution in [2.45, 2.75) is 66.1 Å². The lowest BCUT2D eigenvalue weighted by molar-refractivity contribution is -0.272. The molecule has 1 fully saturated rings. The summed E-state index contributed by atoms with van der Waals surface area (Å²) in [5.41, 5.74) is 0.0984. The van der Waals surface area contributed by atoms with Crippen LogP contribution in [0.2, 0.25) is 0 Å². The van der Waals surface area contributed by atoms with Crippen molar-refractivity contribution in [2.24, 2.45) is 10.8 Å². The van der Waals surface area contributed by atoms with Gasteiger partial charge in [0, 0.05) is 17.4 Å². The minimum Gasteiger partial charge on any atom is -0.396 e. The molecule has 3 nitrogen and oxygen atoms in total. The fourth-order valence-corrected chi connectivity index (χ4v) is 2.53. The molecule has 108 valence electrons. The van der Waals surface area contributed by atoms with Crippen LogP contribution < -0.4 is 0 Å². The number of hydrogen-bond donors (Lipinski definition) is 1. The van der Waals surface area contributed by atoms with E-state index in [0.717, 1.165) is 19.6 Å². The first-order valence-electron chi connectivity index (χ1n) is 7.34. The summed E-state index contributed by atoms with van der Waals surface area (Å²) in [5.74, 6) is 0. The molecule has 0 bridgehead atoms. The van der Waals surface area contributed by atoms with Crippen LogP contribution in [0.4, 0.5) is 0 Å². The maximum atomic E-state index is 9.09. The van der Waals surface area contributed by atoms with E-state index in [1.165, 1.54) is 19.3 Å². The van der Waals surface area contributed by atoms with Crippen molar-refractivity contribution in [3.05, 3.63) is 0 Å². The normalized spacial score (nSPS) is 29.5. The van der Waals surface area contributed by atoms with Gasteiger partial charge in [-0.25, -0.2) is 0 Å². The van der Waals surface area contributed by atoms with Crippen LogP contribution >= 0.6 is 0 Å². The van der Waals surface area contributed by atoms with Crippen LogP contribution in [0.5, 0.6) is 0 Å². The van der Waals surface area contributed by atoms with Gasteiger partial charge in [-0.05, 0) is 19.3 Å². The first kappa shape index (κ1) is 15.9. The molecule has 0 aromatic heterocycles. The Morgan fingerprint density at radius 2 is 1.83 bits per heavy atom. The smallest absolute Gasteiger partial charge is 0.162 e. The number of hydrogen-bond acceptors (Lipinski definition) is 3. The second-order valence-electron chi connectivity index (χ2n) is 6.37. The molecule has 0 aromatic carbocycles. The quantitative estimate of drug-likeness (QED) is 0.761. The molecule has 3 heteroatoms. The summed E-state index contributed by atoms with van der Waals surface area (Å²) < 4.78 is 11.9. The molecule has 1 aliphatic rings. The highest BCUT2D eigenvalue weighted by Crippen LogP contribution is 2.39. The Hall–Kier alpha value is -0.120. The molecule has 0 spiro atoms. The van der Waals surface area contributed by atoms with E-state index in [9.17, 15) is 0 Å². The molecule has 1 aliphatic heterocycles. The summed E-state index contributed by atoms with van der Waals surface area (Å²) in [5, 5.41) is 9.09. The van der Waals surface area contributed by atoms with Gasteiger partial charge in [0.1, 0.15) is 0 Å². The van der Waals surface area contributed by atoms with E-state index < -0.39 is 0 Å². The number of aliphatic hydroxyl groups excluding tert-OH is 1. The van der Waals surface area contributed by atoms with Gasteiger partial charge < -0.3 is 14.6 Å². The summed E-state index contributed by atoms with van der Waals surface area (Å²) in [6.45, 7) is 10.4. The van der Waals surface area contributed by atoms with Crippen LogP contribution in [-0.4, -0.2) is 31.2 Å². The zero-order valence-electron chi connectivity index (χ0n) is 12.5. The predicted octanol–water partition coefficient (Wildman–Crippen LogP) is 3.35. The molecule has 1 N–H and O–H groups in total. The van der Waals surface area contributed by atoms with E-state index in [-0.39, 0.29) is 23.7 Å². The van der Waals surface area contributed by atoms with Crippen LogP contribution in [0.25, 0.3) is 0 Å². The van der Waals surface area contributed by atoms with E-state index in [1.807, 2.05) is 0 Å². The van der Waals surface area contributed by atoms with Crippen LogP contribution in [0.3, 0.4) is 0 Å². The molecule has 1 saturated heterocycles. The summed E-state index contributed by atoms with van der Waals surface area (Å²) >= 11 is 0. The average Bonchev–Trinajstić information content (AvgIpc) is 2.37. The Morgan fingerprint density at radius 3 is 2.28 bits per heavy atom. The van der Waals surface area contributed by atoms with Crippen LogP contribution in [-0.2, 0) is 9.47 Å². The van der Waals surface area contributed by atoms with Gasteiger partial charge >= 0.3 is 0 Å². The lowest BCUT2D eigenvalue weighted by Crippen LogP contribution is -2.47. The minimum absolute atomic E-state index is 0.112. The average molecular weight is 258 g/mol. The van der Waals surface area contributed by atoms with Crippen molar-refractivity contribution >= 4 is 0 Å². The topological polar surface area (TPSA) is 38.7 Å². The lowest BCUT2D eigenvalue weighted by Gasteiger charge is -2.44. The lowest BCUT2D eigenvalue weighted by atomic mass is 9.80. The fourth-order valence-electron chi connectivity index (χ4n) is 2.53.